The Morgan fingerprint density at radius 1 is 1.25 bits per heavy atom. The number of aryl methyl sites for hydroxylation is 2. The van der Waals surface area contributed by atoms with Gasteiger partial charge in [0.25, 0.3) is 0 Å². The van der Waals surface area contributed by atoms with Crippen LogP contribution in [-0.4, -0.2) is 27.5 Å². The van der Waals surface area contributed by atoms with Crippen molar-refractivity contribution < 1.29 is 14.3 Å². The Hall–Kier alpha value is -2.30. The zero-order valence-corrected chi connectivity index (χ0v) is 15.1. The number of esters is 1. The molecule has 0 saturated heterocycles. The van der Waals surface area contributed by atoms with Crippen molar-refractivity contribution >= 4 is 11.8 Å². The van der Waals surface area contributed by atoms with Crippen LogP contribution in [0.5, 0.6) is 0 Å². The number of hydrogen-bond acceptors (Lipinski definition) is 3. The van der Waals surface area contributed by atoms with Gasteiger partial charge in [0, 0.05) is 36.7 Å². The van der Waals surface area contributed by atoms with Crippen LogP contribution in [0.15, 0.2) is 24.4 Å². The molecule has 5 heteroatoms. The molecule has 0 saturated carbocycles. The quantitative estimate of drug-likeness (QED) is 0.576. The highest BCUT2D eigenvalue weighted by molar-refractivity contribution is 6.00. The Bertz CT molecular complexity index is 738. The standard InChI is InChI=1S/C19H26N2O3/c1-13(2)8-10-21-14(3)11-16(15(21)4)18(22)12-24-19(23)17-7-6-9-20(17)5/h6-7,9,11,13H,8,10,12H2,1-5H3. The normalized spacial score (nSPS) is 11.1. The minimum absolute atomic E-state index is 0.165. The number of nitrogens with zero attached hydrogens (tertiary/aromatic N) is 2. The second kappa shape index (κ2) is 7.51. The van der Waals surface area contributed by atoms with Gasteiger partial charge in [-0.05, 0) is 44.4 Å². The number of carbonyl (C=O) groups excluding carboxylic acids is 2. The maximum Gasteiger partial charge on any atom is 0.355 e. The third-order valence-corrected chi connectivity index (χ3v) is 4.29. The number of hydrogen-bond donors (Lipinski definition) is 0. The largest absolute Gasteiger partial charge is 0.453 e. The molecule has 5 nitrogen and oxygen atoms in total. The SMILES string of the molecule is Cc1cc(C(=O)COC(=O)c2cccn2C)c(C)n1CCC(C)C. The molecule has 0 aliphatic heterocycles. The molecule has 0 fully saturated rings. The molecule has 0 atom stereocenters. The lowest BCUT2D eigenvalue weighted by atomic mass is 10.1. The monoisotopic (exact) mass is 330 g/mol. The second-order valence-electron chi connectivity index (χ2n) is 6.62. The van der Waals surface area contributed by atoms with Crippen LogP contribution in [0, 0.1) is 19.8 Å². The third kappa shape index (κ3) is 3.96. The van der Waals surface area contributed by atoms with Crippen LogP contribution in [-0.2, 0) is 18.3 Å². The maximum atomic E-state index is 12.4. The van der Waals surface area contributed by atoms with Crippen molar-refractivity contribution in [3.05, 3.63) is 47.0 Å². The molecule has 0 unspecified atom stereocenters. The lowest BCUT2D eigenvalue weighted by molar-refractivity contribution is 0.0465. The summed E-state index contributed by atoms with van der Waals surface area (Å²) in [6, 6.07) is 5.32. The Kier molecular flexibility index (Phi) is 5.65. The molecule has 0 aromatic carbocycles. The molecule has 2 rings (SSSR count). The third-order valence-electron chi connectivity index (χ3n) is 4.29. The molecule has 0 aliphatic rings. The van der Waals surface area contributed by atoms with E-state index < -0.39 is 5.97 Å². The summed E-state index contributed by atoms with van der Waals surface area (Å²) in [4.78, 5) is 24.4. The summed E-state index contributed by atoms with van der Waals surface area (Å²) in [5.74, 6) is -0.0393. The summed E-state index contributed by atoms with van der Waals surface area (Å²) in [6.07, 6.45) is 2.83. The number of ketones is 1. The highest BCUT2D eigenvalue weighted by atomic mass is 16.5. The van der Waals surface area contributed by atoms with Crippen LogP contribution in [0.3, 0.4) is 0 Å². The van der Waals surface area contributed by atoms with E-state index in [9.17, 15) is 9.59 Å². The van der Waals surface area contributed by atoms with E-state index in [0.717, 1.165) is 24.4 Å². The van der Waals surface area contributed by atoms with Gasteiger partial charge in [0.2, 0.25) is 5.78 Å². The molecule has 2 aromatic heterocycles. The molecule has 0 amide bonds. The zero-order valence-electron chi connectivity index (χ0n) is 15.1. The minimum atomic E-state index is -0.482. The van der Waals surface area contributed by atoms with Gasteiger partial charge in [-0.15, -0.1) is 0 Å². The first-order valence-corrected chi connectivity index (χ1v) is 8.29. The molecule has 2 heterocycles. The smallest absolute Gasteiger partial charge is 0.355 e. The minimum Gasteiger partial charge on any atom is -0.453 e. The number of aromatic nitrogens is 2. The van der Waals surface area contributed by atoms with Crippen LogP contribution in [0.2, 0.25) is 0 Å². The van der Waals surface area contributed by atoms with Crippen LogP contribution in [0.1, 0.15) is 52.5 Å². The van der Waals surface area contributed by atoms with Gasteiger partial charge in [-0.1, -0.05) is 13.8 Å². The Morgan fingerprint density at radius 2 is 1.96 bits per heavy atom. The fourth-order valence-corrected chi connectivity index (χ4v) is 2.77. The second-order valence-corrected chi connectivity index (χ2v) is 6.62. The van der Waals surface area contributed by atoms with Crippen LogP contribution in [0.4, 0.5) is 0 Å². The van der Waals surface area contributed by atoms with Crippen LogP contribution >= 0.6 is 0 Å². The van der Waals surface area contributed by atoms with Gasteiger partial charge in [-0.3, -0.25) is 4.79 Å². The number of ether oxygens (including phenoxy) is 1. The summed E-state index contributed by atoms with van der Waals surface area (Å²) >= 11 is 0. The predicted molar refractivity (Wildman–Crippen MR) is 93.4 cm³/mol. The van der Waals surface area contributed by atoms with E-state index in [0.29, 0.717) is 17.2 Å². The number of rotatable bonds is 7. The van der Waals surface area contributed by atoms with Crippen LogP contribution < -0.4 is 0 Å². The van der Waals surface area contributed by atoms with E-state index in [1.54, 1.807) is 29.9 Å². The van der Waals surface area contributed by atoms with E-state index >= 15 is 0 Å². The molecule has 0 N–H and O–H groups in total. The van der Waals surface area contributed by atoms with Crippen molar-refractivity contribution in [2.24, 2.45) is 13.0 Å². The highest BCUT2D eigenvalue weighted by Gasteiger charge is 2.18. The molecule has 130 valence electrons. The number of carbonyl (C=O) groups is 2. The first-order valence-electron chi connectivity index (χ1n) is 8.29. The van der Waals surface area contributed by atoms with Gasteiger partial charge < -0.3 is 13.9 Å². The summed E-state index contributed by atoms with van der Waals surface area (Å²) < 4.78 is 9.00. The van der Waals surface area contributed by atoms with Crippen molar-refractivity contribution in [1.29, 1.82) is 0 Å². The van der Waals surface area contributed by atoms with Crippen molar-refractivity contribution in [1.82, 2.24) is 9.13 Å². The van der Waals surface area contributed by atoms with Gasteiger partial charge in [-0.25, -0.2) is 4.79 Å². The Labute approximate surface area is 143 Å². The summed E-state index contributed by atoms with van der Waals surface area (Å²) in [6.45, 7) is 8.97. The maximum absolute atomic E-state index is 12.4. The fourth-order valence-electron chi connectivity index (χ4n) is 2.77. The molecule has 24 heavy (non-hydrogen) atoms. The van der Waals surface area contributed by atoms with Gasteiger partial charge >= 0.3 is 5.97 Å². The highest BCUT2D eigenvalue weighted by Crippen LogP contribution is 2.18. The lowest BCUT2D eigenvalue weighted by Crippen LogP contribution is -2.17. The van der Waals surface area contributed by atoms with E-state index in [4.69, 9.17) is 4.74 Å². The van der Waals surface area contributed by atoms with E-state index in [-0.39, 0.29) is 12.4 Å². The molecule has 0 radical (unpaired) electrons. The first-order chi connectivity index (χ1) is 11.3. The van der Waals surface area contributed by atoms with Crippen LogP contribution in [0.25, 0.3) is 0 Å². The topological polar surface area (TPSA) is 53.2 Å². The Balaban J connectivity index is 2.03. The summed E-state index contributed by atoms with van der Waals surface area (Å²) in [5, 5.41) is 0. The average molecular weight is 330 g/mol. The fraction of sp³-hybridized carbons (Fsp3) is 0.474. The summed E-state index contributed by atoms with van der Waals surface area (Å²) in [7, 11) is 1.76. The van der Waals surface area contributed by atoms with Gasteiger partial charge in [0.15, 0.2) is 6.61 Å². The van der Waals surface area contributed by atoms with E-state index in [1.165, 1.54) is 0 Å². The zero-order chi connectivity index (χ0) is 17.9. The van der Waals surface area contributed by atoms with E-state index in [1.807, 2.05) is 19.9 Å². The molecule has 2 aromatic rings. The predicted octanol–water partition coefficient (Wildman–Crippen LogP) is 3.53. The van der Waals surface area contributed by atoms with Gasteiger partial charge in [-0.2, -0.15) is 0 Å². The van der Waals surface area contributed by atoms with Crippen molar-refractivity contribution in [3.8, 4) is 0 Å². The van der Waals surface area contributed by atoms with E-state index in [2.05, 4.69) is 18.4 Å². The molecular formula is C19H26N2O3. The molecule has 0 bridgehead atoms. The molecule has 0 spiro atoms. The lowest BCUT2D eigenvalue weighted by Gasteiger charge is -2.11. The van der Waals surface area contributed by atoms with Gasteiger partial charge in [0.05, 0.1) is 0 Å². The Morgan fingerprint density at radius 3 is 2.54 bits per heavy atom. The van der Waals surface area contributed by atoms with Crippen molar-refractivity contribution in [3.63, 3.8) is 0 Å². The van der Waals surface area contributed by atoms with Crippen molar-refractivity contribution in [2.75, 3.05) is 6.61 Å². The molecular weight excluding hydrogens is 304 g/mol. The summed E-state index contributed by atoms with van der Waals surface area (Å²) in [5.41, 5.74) is 3.07. The average Bonchev–Trinajstić information content (AvgIpc) is 3.06. The first kappa shape index (κ1) is 18.0. The molecule has 0 aliphatic carbocycles. The van der Waals surface area contributed by atoms with Gasteiger partial charge in [0.1, 0.15) is 5.69 Å². The van der Waals surface area contributed by atoms with Crippen molar-refractivity contribution in [2.45, 2.75) is 40.7 Å². The number of Topliss-reactive ketones (excluding diaryl/α,β-unsaturated/α-hetero) is 1.